The second kappa shape index (κ2) is 8.49. The van der Waals surface area contributed by atoms with Gasteiger partial charge in [-0.15, -0.1) is 0 Å². The molecule has 1 saturated carbocycles. The topological polar surface area (TPSA) is 119 Å². The van der Waals surface area contributed by atoms with Gasteiger partial charge in [0.1, 0.15) is 0 Å². The lowest BCUT2D eigenvalue weighted by Crippen LogP contribution is -2.34. The van der Waals surface area contributed by atoms with E-state index >= 15 is 0 Å². The number of nitro benzene ring substituents is 1. The fraction of sp³-hybridized carbons (Fsp3) is 0.263. The van der Waals surface area contributed by atoms with Crippen LogP contribution in [0.1, 0.15) is 28.8 Å². The average molecular weight is 447 g/mol. The molecule has 146 valence electrons. The molecule has 1 aliphatic carbocycles. The highest BCUT2D eigenvalue weighted by molar-refractivity contribution is 9.10. The van der Waals surface area contributed by atoms with Crippen molar-refractivity contribution >= 4 is 39.1 Å². The van der Waals surface area contributed by atoms with Gasteiger partial charge < -0.3 is 11.1 Å². The van der Waals surface area contributed by atoms with Crippen LogP contribution >= 0.6 is 15.9 Å². The number of carbonyl (C=O) groups excluding carboxylic acids is 2. The molecule has 0 heterocycles. The Morgan fingerprint density at radius 1 is 1.21 bits per heavy atom. The van der Waals surface area contributed by atoms with Crippen molar-refractivity contribution in [2.24, 2.45) is 5.73 Å². The number of hydrogen-bond acceptors (Lipinski definition) is 5. The number of benzene rings is 2. The van der Waals surface area contributed by atoms with Crippen LogP contribution in [-0.4, -0.2) is 34.2 Å². The normalized spacial score (nSPS) is 13.4. The molecule has 3 N–H and O–H groups in total. The zero-order valence-electron chi connectivity index (χ0n) is 14.9. The van der Waals surface area contributed by atoms with Gasteiger partial charge in [0, 0.05) is 34.8 Å². The first-order valence-electron chi connectivity index (χ1n) is 8.70. The summed E-state index contributed by atoms with van der Waals surface area (Å²) >= 11 is 3.25. The van der Waals surface area contributed by atoms with E-state index in [0.717, 1.165) is 18.4 Å². The average Bonchev–Trinajstić information content (AvgIpc) is 3.48. The molecule has 0 spiro atoms. The van der Waals surface area contributed by atoms with Crippen molar-refractivity contribution in [3.8, 4) is 0 Å². The van der Waals surface area contributed by atoms with Crippen molar-refractivity contribution in [2.45, 2.75) is 25.4 Å². The van der Waals surface area contributed by atoms with Gasteiger partial charge >= 0.3 is 0 Å². The first kappa shape index (κ1) is 20.0. The molecule has 0 unspecified atom stereocenters. The zero-order valence-corrected chi connectivity index (χ0v) is 16.5. The van der Waals surface area contributed by atoms with Crippen molar-refractivity contribution in [1.82, 2.24) is 4.90 Å². The maximum atomic E-state index is 12.5. The van der Waals surface area contributed by atoms with Crippen LogP contribution in [0.2, 0.25) is 0 Å². The molecule has 3 rings (SSSR count). The summed E-state index contributed by atoms with van der Waals surface area (Å²) in [6, 6.07) is 11.6. The molecule has 8 nitrogen and oxygen atoms in total. The quantitative estimate of drug-likeness (QED) is 0.476. The highest BCUT2D eigenvalue weighted by Crippen LogP contribution is 2.29. The predicted octanol–water partition coefficient (Wildman–Crippen LogP) is 3.06. The molecule has 28 heavy (non-hydrogen) atoms. The summed E-state index contributed by atoms with van der Waals surface area (Å²) in [5, 5.41) is 13.6. The van der Waals surface area contributed by atoms with Gasteiger partial charge in [-0.2, -0.15) is 0 Å². The maximum absolute atomic E-state index is 12.5. The van der Waals surface area contributed by atoms with E-state index in [0.29, 0.717) is 28.3 Å². The van der Waals surface area contributed by atoms with Crippen molar-refractivity contribution in [2.75, 3.05) is 11.9 Å². The highest BCUT2D eigenvalue weighted by atomic mass is 79.9. The van der Waals surface area contributed by atoms with Crippen molar-refractivity contribution < 1.29 is 14.5 Å². The summed E-state index contributed by atoms with van der Waals surface area (Å²) in [7, 11) is 0. The molecule has 0 atom stereocenters. The molecule has 0 bridgehead atoms. The van der Waals surface area contributed by atoms with Crippen LogP contribution in [0.3, 0.4) is 0 Å². The second-order valence-corrected chi connectivity index (χ2v) is 7.52. The predicted molar refractivity (Wildman–Crippen MR) is 108 cm³/mol. The number of nitrogens with two attached hydrogens (primary N) is 1. The molecular weight excluding hydrogens is 428 g/mol. The van der Waals surface area contributed by atoms with Crippen LogP contribution in [0.5, 0.6) is 0 Å². The number of nitrogens with one attached hydrogen (secondary N) is 1. The molecule has 0 aromatic heterocycles. The van der Waals surface area contributed by atoms with Crippen LogP contribution in [0.25, 0.3) is 0 Å². The summed E-state index contributed by atoms with van der Waals surface area (Å²) in [5.41, 5.74) is 7.12. The summed E-state index contributed by atoms with van der Waals surface area (Å²) in [5.74, 6) is -0.672. The Kier molecular flexibility index (Phi) is 6.05. The third kappa shape index (κ3) is 5.14. The van der Waals surface area contributed by atoms with E-state index in [-0.39, 0.29) is 18.1 Å². The van der Waals surface area contributed by atoms with Crippen molar-refractivity contribution in [3.05, 3.63) is 68.2 Å². The number of rotatable bonds is 8. The lowest BCUT2D eigenvalue weighted by molar-refractivity contribution is -0.384. The summed E-state index contributed by atoms with van der Waals surface area (Å²) in [6.45, 7) is 0.782. The van der Waals surface area contributed by atoms with Gasteiger partial charge in [0.05, 0.1) is 17.2 Å². The van der Waals surface area contributed by atoms with Crippen LogP contribution in [-0.2, 0) is 11.3 Å². The van der Waals surface area contributed by atoms with Crippen LogP contribution in [0, 0.1) is 10.1 Å². The number of carbonyl (C=O) groups is 2. The Hall–Kier alpha value is -2.78. The van der Waals surface area contributed by atoms with E-state index in [4.69, 9.17) is 5.73 Å². The summed E-state index contributed by atoms with van der Waals surface area (Å²) in [6.07, 6.45) is 2.07. The Morgan fingerprint density at radius 3 is 2.43 bits per heavy atom. The number of amides is 2. The van der Waals surface area contributed by atoms with Gasteiger partial charge in [-0.05, 0) is 52.5 Å². The van der Waals surface area contributed by atoms with Gasteiger partial charge in [-0.3, -0.25) is 24.6 Å². The van der Waals surface area contributed by atoms with Crippen molar-refractivity contribution in [3.63, 3.8) is 0 Å². The minimum absolute atomic E-state index is 0.0520. The highest BCUT2D eigenvalue weighted by Gasteiger charge is 2.30. The fourth-order valence-corrected chi connectivity index (χ4v) is 3.32. The molecule has 1 aliphatic rings. The monoisotopic (exact) mass is 446 g/mol. The lowest BCUT2D eigenvalue weighted by atomic mass is 10.1. The van der Waals surface area contributed by atoms with E-state index < -0.39 is 10.8 Å². The van der Waals surface area contributed by atoms with Gasteiger partial charge in [0.15, 0.2) is 0 Å². The summed E-state index contributed by atoms with van der Waals surface area (Å²) in [4.78, 5) is 36.1. The minimum Gasteiger partial charge on any atom is -0.366 e. The minimum atomic E-state index is -0.491. The van der Waals surface area contributed by atoms with E-state index in [1.807, 2.05) is 12.1 Å². The Morgan fingerprint density at radius 2 is 1.89 bits per heavy atom. The van der Waals surface area contributed by atoms with Gasteiger partial charge in [-0.1, -0.05) is 12.1 Å². The van der Waals surface area contributed by atoms with E-state index in [9.17, 15) is 19.7 Å². The molecular formula is C19H19BrN4O4. The Balaban J connectivity index is 1.63. The second-order valence-electron chi connectivity index (χ2n) is 6.67. The maximum Gasteiger partial charge on any atom is 0.270 e. The number of primary amides is 1. The Bertz CT molecular complexity index is 913. The third-order valence-corrected chi connectivity index (χ3v) is 5.13. The molecule has 0 saturated heterocycles. The van der Waals surface area contributed by atoms with Crippen LogP contribution in [0.4, 0.5) is 11.4 Å². The number of non-ortho nitro benzene ring substituents is 1. The first-order valence-corrected chi connectivity index (χ1v) is 9.49. The first-order chi connectivity index (χ1) is 13.3. The fourth-order valence-electron chi connectivity index (χ4n) is 2.86. The number of anilines is 1. The standard InChI is InChI=1S/C19H19BrN4O4/c20-16-9-15(24(27)28)7-8-17(16)22-18(25)11-23(14-5-6-14)10-12-1-3-13(4-2-12)19(21)26/h1-4,7-9,14H,5-6,10-11H2,(H2,21,26)(H,22,25). The SMILES string of the molecule is NC(=O)c1ccc(CN(CC(=O)Nc2ccc([N+](=O)[O-])cc2Br)C2CC2)cc1. The van der Waals surface area contributed by atoms with E-state index in [1.54, 1.807) is 12.1 Å². The number of nitrogens with zero attached hydrogens (tertiary/aromatic N) is 2. The molecule has 9 heteroatoms. The summed E-state index contributed by atoms with van der Waals surface area (Å²) < 4.78 is 0.454. The van der Waals surface area contributed by atoms with Crippen molar-refractivity contribution in [1.29, 1.82) is 0 Å². The zero-order chi connectivity index (χ0) is 20.3. The van der Waals surface area contributed by atoms with E-state index in [2.05, 4.69) is 26.1 Å². The molecule has 0 aliphatic heterocycles. The van der Waals surface area contributed by atoms with Gasteiger partial charge in [0.25, 0.3) is 5.69 Å². The number of nitro groups is 1. The molecule has 2 aromatic rings. The lowest BCUT2D eigenvalue weighted by Gasteiger charge is -2.21. The number of hydrogen-bond donors (Lipinski definition) is 2. The third-order valence-electron chi connectivity index (χ3n) is 4.47. The van der Waals surface area contributed by atoms with E-state index in [1.165, 1.54) is 18.2 Å². The largest absolute Gasteiger partial charge is 0.366 e. The molecule has 1 fully saturated rings. The number of halogens is 1. The van der Waals surface area contributed by atoms with Gasteiger partial charge in [-0.25, -0.2) is 0 Å². The van der Waals surface area contributed by atoms with Crippen LogP contribution < -0.4 is 11.1 Å². The van der Waals surface area contributed by atoms with Crippen LogP contribution in [0.15, 0.2) is 46.9 Å². The molecule has 0 radical (unpaired) electrons. The smallest absolute Gasteiger partial charge is 0.270 e. The Labute approximate surface area is 170 Å². The van der Waals surface area contributed by atoms with Gasteiger partial charge in [0.2, 0.25) is 11.8 Å². The molecule has 2 amide bonds. The molecule has 2 aromatic carbocycles.